The topological polar surface area (TPSA) is 78.5 Å². The summed E-state index contributed by atoms with van der Waals surface area (Å²) >= 11 is 5.75. The summed E-state index contributed by atoms with van der Waals surface area (Å²) in [7, 11) is 0. The van der Waals surface area contributed by atoms with Crippen molar-refractivity contribution in [3.8, 4) is 0 Å². The van der Waals surface area contributed by atoms with E-state index in [4.69, 9.17) is 11.6 Å². The predicted molar refractivity (Wildman–Crippen MR) is 87.1 cm³/mol. The van der Waals surface area contributed by atoms with Gasteiger partial charge in [0.05, 0.1) is 6.54 Å². The highest BCUT2D eigenvalue weighted by Gasteiger charge is 2.47. The Kier molecular flexibility index (Phi) is 6.47. The molecule has 1 fully saturated rings. The van der Waals surface area contributed by atoms with Crippen LogP contribution in [-0.4, -0.2) is 47.9 Å². The minimum atomic E-state index is -5.03. The van der Waals surface area contributed by atoms with Gasteiger partial charge in [-0.2, -0.15) is 13.2 Å². The molecular formula is C16H17ClF3N3O3. The van der Waals surface area contributed by atoms with Crippen molar-refractivity contribution in [3.05, 3.63) is 34.9 Å². The SMILES string of the molecule is O=C(CNC(=O)C1CCCN1C(=O)C(F)(F)F)NCc1ccc(Cl)cc1. The lowest BCUT2D eigenvalue weighted by Gasteiger charge is -2.24. The highest BCUT2D eigenvalue weighted by molar-refractivity contribution is 6.30. The molecule has 3 amide bonds. The third-order valence-corrected chi connectivity index (χ3v) is 4.14. The van der Waals surface area contributed by atoms with Crippen molar-refractivity contribution in [1.82, 2.24) is 15.5 Å². The van der Waals surface area contributed by atoms with Crippen molar-refractivity contribution >= 4 is 29.3 Å². The van der Waals surface area contributed by atoms with Gasteiger partial charge in [-0.25, -0.2) is 0 Å². The molecule has 26 heavy (non-hydrogen) atoms. The number of carbonyl (C=O) groups excluding carboxylic acids is 3. The molecule has 0 aromatic heterocycles. The van der Waals surface area contributed by atoms with Crippen molar-refractivity contribution in [2.45, 2.75) is 31.6 Å². The molecule has 1 atom stereocenters. The molecular weight excluding hydrogens is 375 g/mol. The average Bonchev–Trinajstić information content (AvgIpc) is 3.07. The third kappa shape index (κ3) is 5.35. The minimum Gasteiger partial charge on any atom is -0.350 e. The second kappa shape index (κ2) is 8.39. The van der Waals surface area contributed by atoms with Gasteiger partial charge in [-0.05, 0) is 30.5 Å². The monoisotopic (exact) mass is 391 g/mol. The van der Waals surface area contributed by atoms with Gasteiger partial charge in [0.15, 0.2) is 0 Å². The first-order valence-electron chi connectivity index (χ1n) is 7.85. The van der Waals surface area contributed by atoms with Crippen molar-refractivity contribution in [2.75, 3.05) is 13.1 Å². The van der Waals surface area contributed by atoms with E-state index in [2.05, 4.69) is 10.6 Å². The number of carbonyl (C=O) groups is 3. The summed E-state index contributed by atoms with van der Waals surface area (Å²) in [6.45, 7) is -0.315. The van der Waals surface area contributed by atoms with Gasteiger partial charge in [0.2, 0.25) is 11.8 Å². The lowest BCUT2D eigenvalue weighted by molar-refractivity contribution is -0.186. The number of hydrogen-bond donors (Lipinski definition) is 2. The Labute approximate surface area is 152 Å². The van der Waals surface area contributed by atoms with Gasteiger partial charge in [-0.3, -0.25) is 14.4 Å². The van der Waals surface area contributed by atoms with Crippen LogP contribution in [0, 0.1) is 0 Å². The highest BCUT2D eigenvalue weighted by Crippen LogP contribution is 2.25. The second-order valence-corrected chi connectivity index (χ2v) is 6.21. The molecule has 142 valence electrons. The van der Waals surface area contributed by atoms with E-state index in [0.717, 1.165) is 5.56 Å². The van der Waals surface area contributed by atoms with Crippen LogP contribution >= 0.6 is 11.6 Å². The van der Waals surface area contributed by atoms with Crippen LogP contribution in [0.15, 0.2) is 24.3 Å². The fourth-order valence-electron chi connectivity index (χ4n) is 2.60. The molecule has 2 N–H and O–H groups in total. The van der Waals surface area contributed by atoms with Crippen molar-refractivity contribution in [2.24, 2.45) is 0 Å². The number of halogens is 4. The Bertz CT molecular complexity index is 680. The largest absolute Gasteiger partial charge is 0.471 e. The maximum atomic E-state index is 12.5. The molecule has 0 bridgehead atoms. The van der Waals surface area contributed by atoms with Crippen molar-refractivity contribution < 1.29 is 27.6 Å². The van der Waals surface area contributed by atoms with E-state index in [9.17, 15) is 27.6 Å². The average molecular weight is 392 g/mol. The number of rotatable bonds is 5. The number of hydrogen-bond acceptors (Lipinski definition) is 3. The molecule has 1 aromatic rings. The maximum absolute atomic E-state index is 12.5. The molecule has 10 heteroatoms. The first kappa shape index (κ1) is 20.0. The van der Waals surface area contributed by atoms with E-state index in [1.54, 1.807) is 24.3 Å². The van der Waals surface area contributed by atoms with Crippen molar-refractivity contribution in [3.63, 3.8) is 0 Å². The predicted octanol–water partition coefficient (Wildman–Crippen LogP) is 1.63. The fraction of sp³-hybridized carbons (Fsp3) is 0.438. The van der Waals surface area contributed by atoms with Crippen LogP contribution < -0.4 is 10.6 Å². The Hall–Kier alpha value is -2.29. The molecule has 0 aliphatic carbocycles. The van der Waals surface area contributed by atoms with Gasteiger partial charge in [0.25, 0.3) is 0 Å². The Morgan fingerprint density at radius 2 is 1.81 bits per heavy atom. The Morgan fingerprint density at radius 3 is 2.42 bits per heavy atom. The fourth-order valence-corrected chi connectivity index (χ4v) is 2.72. The molecule has 1 aromatic carbocycles. The lowest BCUT2D eigenvalue weighted by atomic mass is 10.2. The third-order valence-electron chi connectivity index (χ3n) is 3.88. The first-order valence-corrected chi connectivity index (χ1v) is 8.23. The van der Waals surface area contributed by atoms with Crippen molar-refractivity contribution in [1.29, 1.82) is 0 Å². The summed E-state index contributed by atoms with van der Waals surface area (Å²) in [4.78, 5) is 35.6. The van der Waals surface area contributed by atoms with E-state index in [0.29, 0.717) is 16.3 Å². The Balaban J connectivity index is 1.80. The number of likely N-dealkylation sites (tertiary alicyclic amines) is 1. The standard InChI is InChI=1S/C16H17ClF3N3O3/c17-11-5-3-10(4-6-11)8-21-13(24)9-22-14(25)12-2-1-7-23(12)15(26)16(18,19)20/h3-6,12H,1-2,7-9H2,(H,21,24)(H,22,25). The Morgan fingerprint density at radius 1 is 1.15 bits per heavy atom. The summed E-state index contributed by atoms with van der Waals surface area (Å²) in [5.41, 5.74) is 0.798. The number of nitrogens with zero attached hydrogens (tertiary/aromatic N) is 1. The van der Waals surface area contributed by atoms with E-state index < -0.39 is 36.5 Å². The maximum Gasteiger partial charge on any atom is 0.471 e. The van der Waals surface area contributed by atoms with Gasteiger partial charge in [-0.15, -0.1) is 0 Å². The highest BCUT2D eigenvalue weighted by atomic mass is 35.5. The molecule has 0 radical (unpaired) electrons. The van der Waals surface area contributed by atoms with Gasteiger partial charge in [0.1, 0.15) is 6.04 Å². The number of alkyl halides is 3. The van der Waals surface area contributed by atoms with Crippen LogP contribution in [0.1, 0.15) is 18.4 Å². The van der Waals surface area contributed by atoms with Crippen LogP contribution in [0.4, 0.5) is 13.2 Å². The zero-order chi connectivity index (χ0) is 19.3. The molecule has 2 rings (SSSR count). The molecule has 0 saturated carbocycles. The number of benzene rings is 1. The molecule has 1 aliphatic heterocycles. The summed E-state index contributed by atoms with van der Waals surface area (Å²) < 4.78 is 37.6. The summed E-state index contributed by atoms with van der Waals surface area (Å²) in [5.74, 6) is -3.32. The van der Waals surface area contributed by atoms with E-state index in [1.807, 2.05) is 0 Å². The number of amides is 3. The molecule has 1 heterocycles. The molecule has 1 unspecified atom stereocenters. The normalized spacial score (nSPS) is 17.1. The van der Waals surface area contributed by atoms with Crippen LogP contribution in [0.5, 0.6) is 0 Å². The molecule has 0 spiro atoms. The quantitative estimate of drug-likeness (QED) is 0.800. The van der Waals surface area contributed by atoms with Crippen LogP contribution in [0.2, 0.25) is 5.02 Å². The van der Waals surface area contributed by atoms with E-state index in [-0.39, 0.29) is 19.5 Å². The van der Waals surface area contributed by atoms with Gasteiger partial charge >= 0.3 is 12.1 Å². The summed E-state index contributed by atoms with van der Waals surface area (Å²) in [5, 5.41) is 5.40. The van der Waals surface area contributed by atoms with Gasteiger partial charge in [0, 0.05) is 18.1 Å². The van der Waals surface area contributed by atoms with E-state index >= 15 is 0 Å². The molecule has 1 saturated heterocycles. The minimum absolute atomic E-state index is 0.125. The van der Waals surface area contributed by atoms with Gasteiger partial charge in [-0.1, -0.05) is 23.7 Å². The zero-order valence-corrected chi connectivity index (χ0v) is 14.4. The lowest BCUT2D eigenvalue weighted by Crippen LogP contribution is -2.51. The summed E-state index contributed by atoms with van der Waals surface area (Å²) in [6, 6.07) is 5.56. The first-order chi connectivity index (χ1) is 12.2. The van der Waals surface area contributed by atoms with Crippen LogP contribution in [0.3, 0.4) is 0 Å². The second-order valence-electron chi connectivity index (χ2n) is 5.78. The van der Waals surface area contributed by atoms with Gasteiger partial charge < -0.3 is 15.5 Å². The molecule has 1 aliphatic rings. The zero-order valence-electron chi connectivity index (χ0n) is 13.6. The van der Waals surface area contributed by atoms with E-state index in [1.165, 1.54) is 0 Å². The van der Waals surface area contributed by atoms with Crippen LogP contribution in [-0.2, 0) is 20.9 Å². The number of nitrogens with one attached hydrogen (secondary N) is 2. The van der Waals surface area contributed by atoms with Crippen LogP contribution in [0.25, 0.3) is 0 Å². The summed E-state index contributed by atoms with van der Waals surface area (Å²) in [6.07, 6.45) is -4.61. The smallest absolute Gasteiger partial charge is 0.350 e. The molecule has 6 nitrogen and oxygen atoms in total.